The lowest BCUT2D eigenvalue weighted by Crippen LogP contribution is -2.36. The van der Waals surface area contributed by atoms with E-state index >= 15 is 0 Å². The molecule has 1 aromatic carbocycles. The largest absolute Gasteiger partial charge is 0.466 e. The molecule has 0 spiro atoms. The smallest absolute Gasteiger partial charge is 0.407 e. The maximum Gasteiger partial charge on any atom is 0.407 e. The van der Waals surface area contributed by atoms with Gasteiger partial charge in [-0.15, -0.1) is 0 Å². The van der Waals surface area contributed by atoms with E-state index in [0.717, 1.165) is 17.7 Å². The van der Waals surface area contributed by atoms with Crippen molar-refractivity contribution in [2.75, 3.05) is 13.7 Å². The van der Waals surface area contributed by atoms with E-state index < -0.39 is 24.1 Å². The van der Waals surface area contributed by atoms with Gasteiger partial charge in [0.25, 0.3) is 0 Å². The van der Waals surface area contributed by atoms with E-state index in [1.54, 1.807) is 6.92 Å². The normalized spacial score (nSPS) is 11.6. The third-order valence-corrected chi connectivity index (χ3v) is 2.61. The minimum atomic E-state index is -0.707. The molecule has 1 rings (SSSR count). The summed E-state index contributed by atoms with van der Waals surface area (Å²) in [5.74, 6) is -1.36. The molecule has 0 aliphatic rings. The topological polar surface area (TPSA) is 90.9 Å². The molecule has 7 nitrogen and oxygen atoms in total. The van der Waals surface area contributed by atoms with E-state index in [2.05, 4.69) is 10.1 Å². The van der Waals surface area contributed by atoms with Gasteiger partial charge in [0.2, 0.25) is 0 Å². The number of hydrogen-bond acceptors (Lipinski definition) is 6. The van der Waals surface area contributed by atoms with Crippen LogP contribution in [-0.2, 0) is 30.4 Å². The first-order chi connectivity index (χ1) is 11.0. The van der Waals surface area contributed by atoms with Gasteiger partial charge >= 0.3 is 18.0 Å². The van der Waals surface area contributed by atoms with Crippen LogP contribution in [0.3, 0.4) is 0 Å². The number of hydrogen-bond donors (Lipinski definition) is 1. The maximum absolute atomic E-state index is 11.6. The molecule has 124 valence electrons. The van der Waals surface area contributed by atoms with Crippen molar-refractivity contribution in [2.24, 2.45) is 0 Å². The van der Waals surface area contributed by atoms with Crippen molar-refractivity contribution >= 4 is 18.0 Å². The van der Waals surface area contributed by atoms with Gasteiger partial charge < -0.3 is 19.5 Å². The zero-order chi connectivity index (χ0) is 17.1. The van der Waals surface area contributed by atoms with Crippen LogP contribution in [0.5, 0.6) is 0 Å². The second-order valence-electron chi connectivity index (χ2n) is 4.59. The minimum Gasteiger partial charge on any atom is -0.466 e. The number of amides is 1. The number of carbonyl (C=O) groups excluding carboxylic acids is 3. The molecule has 0 aromatic heterocycles. The van der Waals surface area contributed by atoms with Crippen LogP contribution in [0, 0.1) is 0 Å². The molecule has 1 aromatic rings. The van der Waals surface area contributed by atoms with Gasteiger partial charge in [0.1, 0.15) is 13.2 Å². The van der Waals surface area contributed by atoms with E-state index in [1.165, 1.54) is 7.11 Å². The molecule has 0 saturated carbocycles. The van der Waals surface area contributed by atoms with Crippen LogP contribution in [-0.4, -0.2) is 37.8 Å². The number of nitrogens with one attached hydrogen (secondary N) is 1. The van der Waals surface area contributed by atoms with Gasteiger partial charge in [0, 0.05) is 12.2 Å². The number of alkyl carbamates (subject to hydrolysis) is 1. The lowest BCUT2D eigenvalue weighted by atomic mass is 10.2. The van der Waals surface area contributed by atoms with E-state index in [9.17, 15) is 14.4 Å². The number of carbonyl (C=O) groups is 3. The van der Waals surface area contributed by atoms with Gasteiger partial charge in [-0.3, -0.25) is 0 Å². The van der Waals surface area contributed by atoms with Crippen LogP contribution in [0.4, 0.5) is 4.79 Å². The zero-order valence-electron chi connectivity index (χ0n) is 13.0. The summed E-state index contributed by atoms with van der Waals surface area (Å²) in [6, 6.07) is 8.81. The molecule has 0 aliphatic carbocycles. The number of esters is 2. The maximum atomic E-state index is 11.6. The van der Waals surface area contributed by atoms with Crippen molar-refractivity contribution in [2.45, 2.75) is 19.6 Å². The Morgan fingerprint density at radius 1 is 1.09 bits per heavy atom. The average molecular weight is 321 g/mol. The minimum absolute atomic E-state index is 0.0508. The Kier molecular flexibility index (Phi) is 7.91. The Labute approximate surface area is 134 Å². The average Bonchev–Trinajstić information content (AvgIpc) is 2.56. The van der Waals surface area contributed by atoms with Gasteiger partial charge in [-0.25, -0.2) is 14.4 Å². The first-order valence-electron chi connectivity index (χ1n) is 6.91. The summed E-state index contributed by atoms with van der Waals surface area (Å²) in [5, 5.41) is 2.53. The molecule has 0 fully saturated rings. The highest BCUT2D eigenvalue weighted by Gasteiger charge is 2.10. The number of ether oxygens (including phenoxy) is 3. The summed E-state index contributed by atoms with van der Waals surface area (Å²) in [6.07, 6.45) is 1.29. The summed E-state index contributed by atoms with van der Waals surface area (Å²) in [7, 11) is 1.20. The Bertz CT molecular complexity index is 555. The van der Waals surface area contributed by atoms with Crippen molar-refractivity contribution in [3.8, 4) is 0 Å². The molecule has 0 aliphatic heterocycles. The van der Waals surface area contributed by atoms with E-state index in [1.807, 2.05) is 30.3 Å². The van der Waals surface area contributed by atoms with Crippen LogP contribution in [0.1, 0.15) is 12.5 Å². The van der Waals surface area contributed by atoms with Gasteiger partial charge in [-0.2, -0.15) is 0 Å². The highest BCUT2D eigenvalue weighted by molar-refractivity contribution is 5.91. The van der Waals surface area contributed by atoms with E-state index in [0.29, 0.717) is 0 Å². The fourth-order valence-electron chi connectivity index (χ4n) is 1.47. The molecule has 23 heavy (non-hydrogen) atoms. The highest BCUT2D eigenvalue weighted by atomic mass is 16.6. The second-order valence-corrected chi connectivity index (χ2v) is 4.59. The molecule has 0 unspecified atom stereocenters. The van der Waals surface area contributed by atoms with Crippen molar-refractivity contribution in [3.63, 3.8) is 0 Å². The summed E-state index contributed by atoms with van der Waals surface area (Å²) >= 11 is 0. The first kappa shape index (κ1) is 18.2. The highest BCUT2D eigenvalue weighted by Crippen LogP contribution is 2.00. The van der Waals surface area contributed by atoms with Crippen molar-refractivity contribution < 1.29 is 28.6 Å². The molecule has 0 heterocycles. The van der Waals surface area contributed by atoms with Crippen LogP contribution in [0.15, 0.2) is 42.5 Å². The molecule has 1 N–H and O–H groups in total. The summed E-state index contributed by atoms with van der Waals surface area (Å²) < 4.78 is 14.2. The Balaban J connectivity index is 2.23. The Hall–Kier alpha value is -2.83. The molecular weight excluding hydrogens is 302 g/mol. The molecule has 0 radical (unpaired) electrons. The first-order valence-corrected chi connectivity index (χ1v) is 6.91. The molecule has 7 heteroatoms. The van der Waals surface area contributed by atoms with Crippen LogP contribution < -0.4 is 5.32 Å². The fraction of sp³-hybridized carbons (Fsp3) is 0.312. The lowest BCUT2D eigenvalue weighted by Gasteiger charge is -2.13. The van der Waals surface area contributed by atoms with E-state index in [4.69, 9.17) is 9.47 Å². The quantitative estimate of drug-likeness (QED) is 0.466. The zero-order valence-corrected chi connectivity index (χ0v) is 13.0. The van der Waals surface area contributed by atoms with Crippen molar-refractivity contribution in [1.82, 2.24) is 5.32 Å². The standard InChI is InChI=1S/C16H19NO6/c1-12(10-22-15(19)9-8-14(18)21-2)17-16(20)23-11-13-6-4-3-5-7-13/h3-9,12H,10-11H2,1-2H3,(H,17,20)/b9-8+/t12-/m0/s1. The number of methoxy groups -OCH3 is 1. The third-order valence-electron chi connectivity index (χ3n) is 2.61. The SMILES string of the molecule is COC(=O)/C=C/C(=O)OC[C@H](C)NC(=O)OCc1ccccc1. The van der Waals surface area contributed by atoms with Crippen LogP contribution >= 0.6 is 0 Å². The Morgan fingerprint density at radius 2 is 1.74 bits per heavy atom. The predicted octanol–water partition coefficient (Wildman–Crippen LogP) is 1.57. The summed E-state index contributed by atoms with van der Waals surface area (Å²) in [6.45, 7) is 1.76. The number of benzene rings is 1. The number of rotatable bonds is 7. The van der Waals surface area contributed by atoms with Crippen LogP contribution in [0.2, 0.25) is 0 Å². The third kappa shape index (κ3) is 8.25. The molecule has 0 saturated heterocycles. The second kappa shape index (κ2) is 9.99. The monoisotopic (exact) mass is 321 g/mol. The lowest BCUT2D eigenvalue weighted by molar-refractivity contribution is -0.139. The molecular formula is C16H19NO6. The van der Waals surface area contributed by atoms with E-state index in [-0.39, 0.29) is 13.2 Å². The summed E-state index contributed by atoms with van der Waals surface area (Å²) in [4.78, 5) is 33.7. The van der Waals surface area contributed by atoms with Gasteiger partial charge in [-0.1, -0.05) is 30.3 Å². The molecule has 1 atom stereocenters. The van der Waals surface area contributed by atoms with Gasteiger partial charge in [-0.05, 0) is 12.5 Å². The molecule has 1 amide bonds. The van der Waals surface area contributed by atoms with Crippen LogP contribution in [0.25, 0.3) is 0 Å². The van der Waals surface area contributed by atoms with Crippen molar-refractivity contribution in [1.29, 1.82) is 0 Å². The predicted molar refractivity (Wildman–Crippen MR) is 81.3 cm³/mol. The Morgan fingerprint density at radius 3 is 2.39 bits per heavy atom. The van der Waals surface area contributed by atoms with Gasteiger partial charge in [0.05, 0.1) is 13.2 Å². The fourth-order valence-corrected chi connectivity index (χ4v) is 1.47. The molecule has 0 bridgehead atoms. The van der Waals surface area contributed by atoms with Gasteiger partial charge in [0.15, 0.2) is 0 Å². The van der Waals surface area contributed by atoms with Crippen molar-refractivity contribution in [3.05, 3.63) is 48.0 Å². The summed E-state index contributed by atoms with van der Waals surface area (Å²) in [5.41, 5.74) is 0.870.